The highest BCUT2D eigenvalue weighted by Gasteiger charge is 2.01. The molecule has 1 aromatic heterocycles. The average molecular weight is 176 g/mol. The van der Waals surface area contributed by atoms with Crippen LogP contribution in [0.15, 0.2) is 24.9 Å². The highest BCUT2D eigenvalue weighted by atomic mass is 16.1. The van der Waals surface area contributed by atoms with E-state index in [4.69, 9.17) is 0 Å². The molecule has 0 fully saturated rings. The first kappa shape index (κ1) is 9.45. The Kier molecular flexibility index (Phi) is 2.80. The molecule has 1 N–H and O–H groups in total. The number of amides is 1. The van der Waals surface area contributed by atoms with E-state index in [1.807, 2.05) is 19.1 Å². The molecule has 1 aromatic rings. The maximum absolute atomic E-state index is 10.7. The van der Waals surface area contributed by atoms with Crippen molar-refractivity contribution in [2.75, 3.05) is 0 Å². The molecular formula is C10H12N2O. The Hall–Kier alpha value is -1.64. The van der Waals surface area contributed by atoms with Crippen LogP contribution in [-0.4, -0.2) is 10.9 Å². The first-order valence-corrected chi connectivity index (χ1v) is 3.99. The Bertz CT molecular complexity index is 345. The van der Waals surface area contributed by atoms with Crippen molar-refractivity contribution in [2.24, 2.45) is 0 Å². The fraction of sp³-hybridized carbons (Fsp3) is 0.200. The lowest BCUT2D eigenvalue weighted by molar-refractivity contribution is -0.117. The van der Waals surface area contributed by atoms with Gasteiger partial charge >= 0.3 is 0 Å². The molecule has 0 saturated heterocycles. The molecule has 0 saturated carbocycles. The molecule has 1 rings (SSSR count). The minimum Gasteiger partial charge on any atom is -0.325 e. The largest absolute Gasteiger partial charge is 0.325 e. The van der Waals surface area contributed by atoms with Crippen LogP contribution in [0, 0.1) is 6.92 Å². The number of aromatic nitrogens is 1. The van der Waals surface area contributed by atoms with E-state index in [0.29, 0.717) is 11.4 Å². The Morgan fingerprint density at radius 3 is 2.85 bits per heavy atom. The first-order valence-electron chi connectivity index (χ1n) is 3.99. The van der Waals surface area contributed by atoms with Gasteiger partial charge in [-0.15, -0.1) is 0 Å². The minimum absolute atomic E-state index is 0.131. The van der Waals surface area contributed by atoms with E-state index in [-0.39, 0.29) is 5.91 Å². The van der Waals surface area contributed by atoms with Crippen molar-refractivity contribution >= 4 is 11.6 Å². The SMILES string of the molecule is C=C(NC(C)=O)c1cc(C)ccn1. The number of carbonyl (C=O) groups excluding carboxylic acids is 1. The van der Waals surface area contributed by atoms with Crippen LogP contribution >= 0.6 is 0 Å². The predicted molar refractivity (Wildman–Crippen MR) is 51.8 cm³/mol. The lowest BCUT2D eigenvalue weighted by Crippen LogP contribution is -2.17. The van der Waals surface area contributed by atoms with E-state index < -0.39 is 0 Å². The molecular weight excluding hydrogens is 164 g/mol. The number of carbonyl (C=O) groups is 1. The van der Waals surface area contributed by atoms with E-state index >= 15 is 0 Å². The topological polar surface area (TPSA) is 42.0 Å². The number of nitrogens with zero attached hydrogens (tertiary/aromatic N) is 1. The average Bonchev–Trinajstić information content (AvgIpc) is 2.03. The number of rotatable bonds is 2. The number of pyridine rings is 1. The van der Waals surface area contributed by atoms with Gasteiger partial charge in [0.2, 0.25) is 5.91 Å². The van der Waals surface area contributed by atoms with Crippen LogP contribution < -0.4 is 5.32 Å². The van der Waals surface area contributed by atoms with Crippen LogP contribution in [-0.2, 0) is 4.79 Å². The van der Waals surface area contributed by atoms with Gasteiger partial charge in [-0.2, -0.15) is 0 Å². The van der Waals surface area contributed by atoms with E-state index in [0.717, 1.165) is 5.56 Å². The number of hydrogen-bond donors (Lipinski definition) is 1. The van der Waals surface area contributed by atoms with Crippen molar-refractivity contribution in [3.05, 3.63) is 36.2 Å². The fourth-order valence-corrected chi connectivity index (χ4v) is 0.978. The van der Waals surface area contributed by atoms with Crippen molar-refractivity contribution in [2.45, 2.75) is 13.8 Å². The predicted octanol–water partition coefficient (Wildman–Crippen LogP) is 1.50. The van der Waals surface area contributed by atoms with Gasteiger partial charge in [0.1, 0.15) is 0 Å². The highest BCUT2D eigenvalue weighted by molar-refractivity contribution is 5.83. The highest BCUT2D eigenvalue weighted by Crippen LogP contribution is 2.07. The summed E-state index contributed by atoms with van der Waals surface area (Å²) in [5.74, 6) is -0.131. The van der Waals surface area contributed by atoms with E-state index in [1.165, 1.54) is 6.92 Å². The summed E-state index contributed by atoms with van der Waals surface area (Å²) in [6.07, 6.45) is 1.69. The molecule has 0 aromatic carbocycles. The Morgan fingerprint density at radius 1 is 1.62 bits per heavy atom. The maximum Gasteiger partial charge on any atom is 0.221 e. The minimum atomic E-state index is -0.131. The molecule has 68 valence electrons. The Labute approximate surface area is 77.5 Å². The van der Waals surface area contributed by atoms with Gasteiger partial charge in [0, 0.05) is 13.1 Å². The third-order valence-corrected chi connectivity index (χ3v) is 1.55. The molecule has 0 radical (unpaired) electrons. The smallest absolute Gasteiger partial charge is 0.221 e. The van der Waals surface area contributed by atoms with Crippen molar-refractivity contribution in [3.63, 3.8) is 0 Å². The Balaban J connectivity index is 2.83. The molecule has 0 aliphatic heterocycles. The van der Waals surface area contributed by atoms with Gasteiger partial charge in [0.25, 0.3) is 0 Å². The molecule has 13 heavy (non-hydrogen) atoms. The molecule has 1 amide bonds. The van der Waals surface area contributed by atoms with Gasteiger partial charge in [-0.3, -0.25) is 9.78 Å². The maximum atomic E-state index is 10.7. The molecule has 0 bridgehead atoms. The number of hydrogen-bond acceptors (Lipinski definition) is 2. The van der Waals surface area contributed by atoms with Gasteiger partial charge in [-0.25, -0.2) is 0 Å². The quantitative estimate of drug-likeness (QED) is 0.741. The van der Waals surface area contributed by atoms with E-state index in [2.05, 4.69) is 16.9 Å². The summed E-state index contributed by atoms with van der Waals surface area (Å²) in [5, 5.41) is 2.59. The van der Waals surface area contributed by atoms with Crippen LogP contribution in [0.5, 0.6) is 0 Å². The summed E-state index contributed by atoms with van der Waals surface area (Å²) in [4.78, 5) is 14.8. The third-order valence-electron chi connectivity index (χ3n) is 1.55. The summed E-state index contributed by atoms with van der Waals surface area (Å²) < 4.78 is 0. The second kappa shape index (κ2) is 3.85. The van der Waals surface area contributed by atoms with Crippen LogP contribution in [0.25, 0.3) is 5.70 Å². The summed E-state index contributed by atoms with van der Waals surface area (Å²) >= 11 is 0. The molecule has 0 atom stereocenters. The van der Waals surface area contributed by atoms with Gasteiger partial charge in [-0.1, -0.05) is 6.58 Å². The van der Waals surface area contributed by atoms with Crippen molar-refractivity contribution in [1.82, 2.24) is 10.3 Å². The summed E-state index contributed by atoms with van der Waals surface area (Å²) in [6.45, 7) is 7.12. The lowest BCUT2D eigenvalue weighted by Gasteiger charge is -2.05. The summed E-state index contributed by atoms with van der Waals surface area (Å²) in [5.41, 5.74) is 2.34. The molecule has 3 nitrogen and oxygen atoms in total. The zero-order valence-corrected chi connectivity index (χ0v) is 7.79. The van der Waals surface area contributed by atoms with Gasteiger partial charge in [-0.05, 0) is 24.6 Å². The van der Waals surface area contributed by atoms with Crippen molar-refractivity contribution in [3.8, 4) is 0 Å². The zero-order chi connectivity index (χ0) is 9.84. The normalized spacial score (nSPS) is 9.38. The van der Waals surface area contributed by atoms with Crippen LogP contribution in [0.1, 0.15) is 18.2 Å². The molecule has 0 unspecified atom stereocenters. The van der Waals surface area contributed by atoms with Gasteiger partial charge < -0.3 is 5.32 Å². The van der Waals surface area contributed by atoms with Gasteiger partial charge in [0.05, 0.1) is 11.4 Å². The molecule has 1 heterocycles. The summed E-state index contributed by atoms with van der Waals surface area (Å²) in [7, 11) is 0. The molecule has 0 aliphatic rings. The second-order valence-corrected chi connectivity index (χ2v) is 2.88. The van der Waals surface area contributed by atoms with Crippen molar-refractivity contribution < 1.29 is 4.79 Å². The standard InChI is InChI=1S/C10H12N2O/c1-7-4-5-11-10(6-7)8(2)12-9(3)13/h4-6H,2H2,1,3H3,(H,12,13). The van der Waals surface area contributed by atoms with Crippen LogP contribution in [0.2, 0.25) is 0 Å². The van der Waals surface area contributed by atoms with E-state index in [1.54, 1.807) is 6.20 Å². The summed E-state index contributed by atoms with van der Waals surface area (Å²) in [6, 6.07) is 3.77. The second-order valence-electron chi connectivity index (χ2n) is 2.88. The monoisotopic (exact) mass is 176 g/mol. The van der Waals surface area contributed by atoms with Crippen molar-refractivity contribution in [1.29, 1.82) is 0 Å². The molecule has 0 spiro atoms. The fourth-order valence-electron chi connectivity index (χ4n) is 0.978. The lowest BCUT2D eigenvalue weighted by atomic mass is 10.2. The van der Waals surface area contributed by atoms with Gasteiger partial charge in [0.15, 0.2) is 0 Å². The molecule has 0 aliphatic carbocycles. The molecule has 3 heteroatoms. The van der Waals surface area contributed by atoms with E-state index in [9.17, 15) is 4.79 Å². The number of nitrogens with one attached hydrogen (secondary N) is 1. The Morgan fingerprint density at radius 2 is 2.31 bits per heavy atom. The number of aryl methyl sites for hydroxylation is 1. The zero-order valence-electron chi connectivity index (χ0n) is 7.79. The van der Waals surface area contributed by atoms with Crippen LogP contribution in [0.4, 0.5) is 0 Å². The van der Waals surface area contributed by atoms with Crippen LogP contribution in [0.3, 0.4) is 0 Å². The third kappa shape index (κ3) is 2.71. The first-order chi connectivity index (χ1) is 6.09.